The van der Waals surface area contributed by atoms with E-state index in [0.717, 1.165) is 18.3 Å². The van der Waals surface area contributed by atoms with Crippen LogP contribution in [0.25, 0.3) is 0 Å². The molecule has 2 heteroatoms. The maximum Gasteiger partial charge on any atom is 0.0399 e. The molecule has 2 atom stereocenters. The quantitative estimate of drug-likeness (QED) is 0.797. The SMILES string of the molecule is CCc1ccc2c(c1)C1CCNCC1CN2C. The van der Waals surface area contributed by atoms with Crippen molar-refractivity contribution in [3.05, 3.63) is 29.3 Å². The summed E-state index contributed by atoms with van der Waals surface area (Å²) in [6.07, 6.45) is 2.45. The van der Waals surface area contributed by atoms with Crippen LogP contribution in [0.4, 0.5) is 5.69 Å². The van der Waals surface area contributed by atoms with Crippen LogP contribution in [0, 0.1) is 5.92 Å². The number of hydrogen-bond acceptors (Lipinski definition) is 2. The summed E-state index contributed by atoms with van der Waals surface area (Å²) < 4.78 is 0. The molecule has 0 aromatic heterocycles. The summed E-state index contributed by atoms with van der Waals surface area (Å²) in [5.41, 5.74) is 4.55. The van der Waals surface area contributed by atoms with Gasteiger partial charge in [0.1, 0.15) is 0 Å². The molecule has 2 aliphatic heterocycles. The number of hydrogen-bond donors (Lipinski definition) is 1. The molecule has 0 aliphatic carbocycles. The molecule has 2 nitrogen and oxygen atoms in total. The monoisotopic (exact) mass is 230 g/mol. The van der Waals surface area contributed by atoms with Crippen LogP contribution >= 0.6 is 0 Å². The highest BCUT2D eigenvalue weighted by Crippen LogP contribution is 2.41. The van der Waals surface area contributed by atoms with Crippen molar-refractivity contribution in [3.8, 4) is 0 Å². The van der Waals surface area contributed by atoms with E-state index in [1.165, 1.54) is 37.3 Å². The maximum absolute atomic E-state index is 3.54. The number of rotatable bonds is 1. The minimum absolute atomic E-state index is 0.786. The van der Waals surface area contributed by atoms with Crippen molar-refractivity contribution in [3.63, 3.8) is 0 Å². The number of benzene rings is 1. The lowest BCUT2D eigenvalue weighted by molar-refractivity contribution is 0.318. The summed E-state index contributed by atoms with van der Waals surface area (Å²) in [4.78, 5) is 2.43. The van der Waals surface area contributed by atoms with Gasteiger partial charge in [0.25, 0.3) is 0 Å². The van der Waals surface area contributed by atoms with Gasteiger partial charge in [-0.3, -0.25) is 0 Å². The molecule has 1 aromatic carbocycles. The lowest BCUT2D eigenvalue weighted by Crippen LogP contribution is -2.44. The molecule has 2 aliphatic rings. The van der Waals surface area contributed by atoms with Gasteiger partial charge in [-0.1, -0.05) is 19.1 Å². The highest BCUT2D eigenvalue weighted by atomic mass is 15.1. The van der Waals surface area contributed by atoms with Crippen molar-refractivity contribution in [2.24, 2.45) is 5.92 Å². The molecule has 0 bridgehead atoms. The van der Waals surface area contributed by atoms with Gasteiger partial charge in [-0.05, 0) is 48.4 Å². The second kappa shape index (κ2) is 4.34. The van der Waals surface area contributed by atoms with Crippen LogP contribution in [0.1, 0.15) is 30.4 Å². The van der Waals surface area contributed by atoms with Crippen molar-refractivity contribution in [1.82, 2.24) is 5.32 Å². The lowest BCUT2D eigenvalue weighted by Gasteiger charge is -2.42. The molecule has 3 rings (SSSR count). The summed E-state index contributed by atoms with van der Waals surface area (Å²) in [6.45, 7) is 5.82. The van der Waals surface area contributed by atoms with E-state index in [2.05, 4.69) is 42.4 Å². The van der Waals surface area contributed by atoms with Crippen molar-refractivity contribution in [2.45, 2.75) is 25.7 Å². The number of nitrogens with zero attached hydrogens (tertiary/aromatic N) is 1. The zero-order chi connectivity index (χ0) is 11.8. The minimum atomic E-state index is 0.786. The number of fused-ring (bicyclic) bond motifs is 3. The molecule has 1 saturated heterocycles. The number of anilines is 1. The summed E-state index contributed by atoms with van der Waals surface area (Å²) in [7, 11) is 2.23. The first kappa shape index (κ1) is 11.1. The average Bonchev–Trinajstić information content (AvgIpc) is 2.38. The van der Waals surface area contributed by atoms with E-state index in [9.17, 15) is 0 Å². The van der Waals surface area contributed by atoms with E-state index in [1.54, 1.807) is 5.56 Å². The van der Waals surface area contributed by atoms with E-state index in [4.69, 9.17) is 0 Å². The van der Waals surface area contributed by atoms with Gasteiger partial charge in [0.05, 0.1) is 0 Å². The molecule has 1 fully saturated rings. The van der Waals surface area contributed by atoms with Crippen molar-refractivity contribution >= 4 is 5.69 Å². The molecule has 0 amide bonds. The molecule has 2 unspecified atom stereocenters. The van der Waals surface area contributed by atoms with E-state index >= 15 is 0 Å². The first-order valence-electron chi connectivity index (χ1n) is 6.84. The number of aryl methyl sites for hydroxylation is 1. The Bertz CT molecular complexity index is 413. The van der Waals surface area contributed by atoms with Crippen LogP contribution in [0.15, 0.2) is 18.2 Å². The Labute approximate surface area is 104 Å². The Morgan fingerprint density at radius 3 is 3.12 bits per heavy atom. The third-order valence-corrected chi connectivity index (χ3v) is 4.43. The van der Waals surface area contributed by atoms with Gasteiger partial charge >= 0.3 is 0 Å². The van der Waals surface area contributed by atoms with Gasteiger partial charge < -0.3 is 10.2 Å². The van der Waals surface area contributed by atoms with Crippen LogP contribution in [0.5, 0.6) is 0 Å². The van der Waals surface area contributed by atoms with Gasteiger partial charge in [0.2, 0.25) is 0 Å². The van der Waals surface area contributed by atoms with Gasteiger partial charge in [0, 0.05) is 25.8 Å². The van der Waals surface area contributed by atoms with Gasteiger partial charge in [-0.15, -0.1) is 0 Å². The molecule has 0 spiro atoms. The highest BCUT2D eigenvalue weighted by Gasteiger charge is 2.33. The summed E-state index contributed by atoms with van der Waals surface area (Å²) in [5.74, 6) is 1.59. The molecule has 0 saturated carbocycles. The van der Waals surface area contributed by atoms with Crippen molar-refractivity contribution in [2.75, 3.05) is 31.6 Å². The third-order valence-electron chi connectivity index (χ3n) is 4.43. The second-order valence-corrected chi connectivity index (χ2v) is 5.49. The fraction of sp³-hybridized carbons (Fsp3) is 0.600. The van der Waals surface area contributed by atoms with E-state index in [0.29, 0.717) is 0 Å². The highest BCUT2D eigenvalue weighted by molar-refractivity contribution is 5.58. The van der Waals surface area contributed by atoms with Crippen molar-refractivity contribution in [1.29, 1.82) is 0 Å². The molecule has 0 radical (unpaired) electrons. The Hall–Kier alpha value is -1.02. The number of piperidine rings is 1. The molecular weight excluding hydrogens is 208 g/mol. The van der Waals surface area contributed by atoms with Crippen LogP contribution in [0.3, 0.4) is 0 Å². The molecule has 17 heavy (non-hydrogen) atoms. The summed E-state index contributed by atoms with van der Waals surface area (Å²) in [5, 5.41) is 3.54. The van der Waals surface area contributed by atoms with Gasteiger partial charge in [0.15, 0.2) is 0 Å². The Morgan fingerprint density at radius 2 is 2.29 bits per heavy atom. The predicted octanol–water partition coefficient (Wildman–Crippen LogP) is 2.39. The van der Waals surface area contributed by atoms with Gasteiger partial charge in [-0.2, -0.15) is 0 Å². The minimum Gasteiger partial charge on any atom is -0.374 e. The first-order chi connectivity index (χ1) is 8.29. The smallest absolute Gasteiger partial charge is 0.0399 e. The van der Waals surface area contributed by atoms with E-state index in [1.807, 2.05) is 0 Å². The molecule has 2 heterocycles. The topological polar surface area (TPSA) is 15.3 Å². The molecule has 1 N–H and O–H groups in total. The molecule has 92 valence electrons. The second-order valence-electron chi connectivity index (χ2n) is 5.49. The third kappa shape index (κ3) is 1.85. The van der Waals surface area contributed by atoms with E-state index in [-0.39, 0.29) is 0 Å². The van der Waals surface area contributed by atoms with E-state index < -0.39 is 0 Å². The normalized spacial score (nSPS) is 27.5. The maximum atomic E-state index is 3.54. The van der Waals surface area contributed by atoms with Crippen LogP contribution < -0.4 is 10.2 Å². The summed E-state index contributed by atoms with van der Waals surface area (Å²) in [6, 6.07) is 7.07. The van der Waals surface area contributed by atoms with Gasteiger partial charge in [-0.25, -0.2) is 0 Å². The number of nitrogens with one attached hydrogen (secondary N) is 1. The molecular formula is C15H22N2. The fourth-order valence-corrected chi connectivity index (χ4v) is 3.44. The zero-order valence-corrected chi connectivity index (χ0v) is 10.9. The standard InChI is InChI=1S/C15H22N2/c1-3-11-4-5-15-14(8-11)13-6-7-16-9-12(13)10-17(15)2/h4-5,8,12-13,16H,3,6-7,9-10H2,1-2H3. The largest absolute Gasteiger partial charge is 0.374 e. The van der Waals surface area contributed by atoms with Crippen LogP contribution in [-0.2, 0) is 6.42 Å². The Morgan fingerprint density at radius 1 is 1.41 bits per heavy atom. The predicted molar refractivity (Wildman–Crippen MR) is 72.8 cm³/mol. The fourth-order valence-electron chi connectivity index (χ4n) is 3.44. The van der Waals surface area contributed by atoms with Crippen molar-refractivity contribution < 1.29 is 0 Å². The average molecular weight is 230 g/mol. The zero-order valence-electron chi connectivity index (χ0n) is 10.9. The Kier molecular flexibility index (Phi) is 2.83. The first-order valence-corrected chi connectivity index (χ1v) is 6.84. The van der Waals surface area contributed by atoms with Crippen LogP contribution in [0.2, 0.25) is 0 Å². The van der Waals surface area contributed by atoms with Crippen LogP contribution in [-0.4, -0.2) is 26.7 Å². The summed E-state index contributed by atoms with van der Waals surface area (Å²) >= 11 is 0. The lowest BCUT2D eigenvalue weighted by atomic mass is 9.77. The molecule has 1 aromatic rings. The Balaban J connectivity index is 2.03.